The molecule has 0 amide bonds. The molecule has 0 aliphatic rings. The van der Waals surface area contributed by atoms with Crippen molar-refractivity contribution in [2.45, 2.75) is 25.8 Å². The quantitative estimate of drug-likeness (QED) is 0.407. The summed E-state index contributed by atoms with van der Waals surface area (Å²) in [6.07, 6.45) is 0. The van der Waals surface area contributed by atoms with Crippen LogP contribution in [-0.4, -0.2) is 65.2 Å². The van der Waals surface area contributed by atoms with Gasteiger partial charge in [-0.05, 0) is 5.04 Å². The van der Waals surface area contributed by atoms with Gasteiger partial charge in [-0.3, -0.25) is 0 Å². The Hall–Kier alpha value is -0.763. The Labute approximate surface area is 205 Å². The van der Waals surface area contributed by atoms with Crippen molar-refractivity contribution >= 4 is 19.2 Å². The standard InChI is InChI=1S/C16H19Si.4C2H6N.Ta/c1-16(2,3)17(14-10-6-4-7-11-14)15-12-8-5-9-13-15;4*1-3-2;/h4-13H,1-3H3;4*1-2H3;/q;4*-1;. The largest absolute Gasteiger partial charge is 0.668 e. The van der Waals surface area contributed by atoms with Crippen molar-refractivity contribution in [3.8, 4) is 0 Å². The molecule has 0 aromatic heterocycles. The van der Waals surface area contributed by atoms with Crippen LogP contribution in [0.25, 0.3) is 21.3 Å². The van der Waals surface area contributed by atoms with Crippen molar-refractivity contribution in [3.63, 3.8) is 0 Å². The van der Waals surface area contributed by atoms with Gasteiger partial charge in [0, 0.05) is 22.4 Å². The van der Waals surface area contributed by atoms with Crippen molar-refractivity contribution in [2.75, 3.05) is 56.4 Å². The first-order valence-corrected chi connectivity index (χ1v) is 11.1. The van der Waals surface area contributed by atoms with Crippen molar-refractivity contribution in [1.82, 2.24) is 0 Å². The molecule has 172 valence electrons. The second kappa shape index (κ2) is 26.3. The maximum atomic E-state index is 3.50. The third-order valence-corrected chi connectivity index (χ3v) is 6.20. The fourth-order valence-corrected chi connectivity index (χ4v) is 5.36. The second-order valence-corrected chi connectivity index (χ2v) is 10.6. The van der Waals surface area contributed by atoms with E-state index >= 15 is 0 Å². The molecule has 0 spiro atoms. The zero-order chi connectivity index (χ0) is 23.1. The summed E-state index contributed by atoms with van der Waals surface area (Å²) in [6, 6.07) is 21.9. The zero-order valence-corrected chi connectivity index (χ0v) is 25.2. The van der Waals surface area contributed by atoms with E-state index in [-0.39, 0.29) is 22.4 Å². The summed E-state index contributed by atoms with van der Waals surface area (Å²) in [6.45, 7) is 7.05. The minimum Gasteiger partial charge on any atom is -0.668 e. The van der Waals surface area contributed by atoms with Crippen LogP contribution in [-0.2, 0) is 22.4 Å². The molecule has 0 saturated carbocycles. The van der Waals surface area contributed by atoms with Gasteiger partial charge < -0.3 is 21.3 Å². The van der Waals surface area contributed by atoms with E-state index in [0.29, 0.717) is 5.04 Å². The minimum atomic E-state index is -0.715. The average Bonchev–Trinajstić information content (AvgIpc) is 2.65. The van der Waals surface area contributed by atoms with E-state index in [0.717, 1.165) is 0 Å². The summed E-state index contributed by atoms with van der Waals surface area (Å²) in [7, 11) is 13.3. The molecule has 0 unspecified atom stereocenters. The Morgan fingerprint density at radius 2 is 0.700 bits per heavy atom. The average molecular weight is 597 g/mol. The first-order chi connectivity index (χ1) is 13.7. The summed E-state index contributed by atoms with van der Waals surface area (Å²) in [5.74, 6) is 0. The van der Waals surface area contributed by atoms with Crippen LogP contribution in [0.4, 0.5) is 0 Å². The van der Waals surface area contributed by atoms with Gasteiger partial charge in [0.1, 0.15) is 8.80 Å². The predicted molar refractivity (Wildman–Crippen MR) is 138 cm³/mol. The molecule has 0 aliphatic carbocycles. The Morgan fingerprint density at radius 3 is 0.867 bits per heavy atom. The van der Waals surface area contributed by atoms with E-state index in [1.807, 2.05) is 0 Å². The van der Waals surface area contributed by atoms with Gasteiger partial charge in [0.2, 0.25) is 0 Å². The van der Waals surface area contributed by atoms with Crippen LogP contribution >= 0.6 is 0 Å². The number of hydrogen-bond donors (Lipinski definition) is 0. The Kier molecular flexibility index (Phi) is 32.1. The molecule has 2 aromatic carbocycles. The molecular weight excluding hydrogens is 553 g/mol. The van der Waals surface area contributed by atoms with Gasteiger partial charge >= 0.3 is 0 Å². The number of rotatable bonds is 2. The molecule has 6 heteroatoms. The number of nitrogens with zero attached hydrogens (tertiary/aromatic N) is 4. The molecular formula is C24H43N4SiTa-4. The maximum Gasteiger partial charge on any atom is 0.126 e. The molecule has 0 bridgehead atoms. The maximum absolute atomic E-state index is 3.50. The molecule has 30 heavy (non-hydrogen) atoms. The number of hydrogen-bond acceptors (Lipinski definition) is 0. The SMILES string of the molecule is CC(C)(C)[Si](c1ccccc1)c1ccccc1.C[N-]C.C[N-]C.C[N-]C.C[N-]C.[Ta]. The monoisotopic (exact) mass is 596 g/mol. The van der Waals surface area contributed by atoms with Gasteiger partial charge in [-0.25, -0.2) is 0 Å². The minimum absolute atomic E-state index is 0. The first-order valence-electron chi connectivity index (χ1n) is 9.65. The smallest absolute Gasteiger partial charge is 0.126 e. The van der Waals surface area contributed by atoms with Gasteiger partial charge in [0.15, 0.2) is 0 Å². The summed E-state index contributed by atoms with van der Waals surface area (Å²) in [5.41, 5.74) is 0. The number of benzene rings is 2. The topological polar surface area (TPSA) is 56.4 Å². The van der Waals surface area contributed by atoms with Gasteiger partial charge in [0.25, 0.3) is 0 Å². The molecule has 0 aliphatic heterocycles. The van der Waals surface area contributed by atoms with Crippen LogP contribution in [0, 0.1) is 0 Å². The Morgan fingerprint density at radius 1 is 0.500 bits per heavy atom. The van der Waals surface area contributed by atoms with E-state index in [9.17, 15) is 0 Å². The van der Waals surface area contributed by atoms with Crippen molar-refractivity contribution in [2.24, 2.45) is 0 Å². The van der Waals surface area contributed by atoms with Gasteiger partial charge in [0.05, 0.1) is 0 Å². The molecule has 0 heterocycles. The fourth-order valence-electron chi connectivity index (χ4n) is 2.24. The molecule has 0 N–H and O–H groups in total. The molecule has 2 radical (unpaired) electrons. The Bertz CT molecular complexity index is 486. The van der Waals surface area contributed by atoms with Crippen LogP contribution < -0.4 is 10.4 Å². The van der Waals surface area contributed by atoms with Gasteiger partial charge in [-0.1, -0.05) is 91.8 Å². The van der Waals surface area contributed by atoms with Crippen molar-refractivity contribution in [1.29, 1.82) is 0 Å². The summed E-state index contributed by atoms with van der Waals surface area (Å²) < 4.78 is 0. The summed E-state index contributed by atoms with van der Waals surface area (Å²) in [4.78, 5) is 0. The van der Waals surface area contributed by atoms with Crippen LogP contribution in [0.3, 0.4) is 0 Å². The van der Waals surface area contributed by atoms with E-state index in [4.69, 9.17) is 0 Å². The zero-order valence-electron chi connectivity index (χ0n) is 21.0. The van der Waals surface area contributed by atoms with Crippen LogP contribution in [0.2, 0.25) is 5.04 Å². The fraction of sp³-hybridized carbons (Fsp3) is 0.500. The Balaban J connectivity index is -0.000000219. The van der Waals surface area contributed by atoms with Crippen molar-refractivity contribution in [3.05, 3.63) is 81.9 Å². The third-order valence-electron chi connectivity index (χ3n) is 2.87. The van der Waals surface area contributed by atoms with Crippen molar-refractivity contribution < 1.29 is 22.4 Å². The molecule has 0 saturated heterocycles. The van der Waals surface area contributed by atoms with E-state index < -0.39 is 8.80 Å². The van der Waals surface area contributed by atoms with Gasteiger partial charge in [-0.15, -0.1) is 0 Å². The van der Waals surface area contributed by atoms with E-state index in [1.165, 1.54) is 10.4 Å². The molecule has 0 fully saturated rings. The van der Waals surface area contributed by atoms with Crippen LogP contribution in [0.1, 0.15) is 20.8 Å². The molecule has 4 nitrogen and oxygen atoms in total. The molecule has 2 aromatic rings. The first kappa shape index (κ1) is 36.6. The normalized spacial score (nSPS) is 9.07. The van der Waals surface area contributed by atoms with Crippen LogP contribution in [0.15, 0.2) is 60.7 Å². The molecule has 2 rings (SSSR count). The summed E-state index contributed by atoms with van der Waals surface area (Å²) >= 11 is 0. The molecule has 0 atom stereocenters. The van der Waals surface area contributed by atoms with Gasteiger partial charge in [-0.2, -0.15) is 56.4 Å². The third kappa shape index (κ3) is 21.9. The summed E-state index contributed by atoms with van der Waals surface area (Å²) in [5, 5.41) is 17.3. The van der Waals surface area contributed by atoms with E-state index in [1.54, 1.807) is 56.4 Å². The van der Waals surface area contributed by atoms with Crippen LogP contribution in [0.5, 0.6) is 0 Å². The van der Waals surface area contributed by atoms with E-state index in [2.05, 4.69) is 103 Å². The predicted octanol–water partition coefficient (Wildman–Crippen LogP) is 5.57. The second-order valence-electron chi connectivity index (χ2n) is 7.15.